The van der Waals surface area contributed by atoms with Gasteiger partial charge in [-0.1, -0.05) is 149 Å². The molecule has 1 amide bonds. The third-order valence-electron chi connectivity index (χ3n) is 7.34. The van der Waals surface area contributed by atoms with Crippen molar-refractivity contribution in [2.45, 2.75) is 180 Å². The van der Waals surface area contributed by atoms with Gasteiger partial charge in [0.15, 0.2) is 0 Å². The van der Waals surface area contributed by atoms with Crippen LogP contribution in [0.1, 0.15) is 168 Å². The molecular weight excluding hydrogens is 501 g/mol. The molecule has 0 fully saturated rings. The zero-order chi connectivity index (χ0) is 28.3. The van der Waals surface area contributed by atoms with Crippen LogP contribution in [0.5, 0.6) is 0 Å². The summed E-state index contributed by atoms with van der Waals surface area (Å²) in [6.07, 6.45) is 26.5. The van der Waals surface area contributed by atoms with Crippen molar-refractivity contribution in [3.63, 3.8) is 0 Å². The van der Waals surface area contributed by atoms with Gasteiger partial charge < -0.3 is 20.2 Å². The summed E-state index contributed by atoms with van der Waals surface area (Å²) in [6, 6.07) is -0.814. The van der Waals surface area contributed by atoms with Crippen molar-refractivity contribution in [2.24, 2.45) is 0 Å². The highest BCUT2D eigenvalue weighted by Gasteiger charge is 2.25. The molecule has 0 aromatic carbocycles. The maximum Gasteiger partial charge on any atom is 0.469 e. The van der Waals surface area contributed by atoms with E-state index in [-0.39, 0.29) is 5.91 Å². The van der Waals surface area contributed by atoms with E-state index in [1.807, 2.05) is 0 Å². The average molecular weight is 564 g/mol. The third-order valence-corrected chi connectivity index (χ3v) is 7.83. The standard InChI is InChI=1S/C30H62NO6P/c1-3-5-7-9-11-13-15-17-19-21-23-25-29(32)28(27-37-38(34,35)36)31-30(33)26-24-22-20-18-16-14-12-10-8-6-4-2/h28-29,32H,3-27H2,1-2H3,(H,31,33)(H2,34,35,36)/t28-,29+/m0/s1. The molecule has 0 aliphatic carbocycles. The first-order valence-corrected chi connectivity index (χ1v) is 17.5. The number of hydrogen-bond acceptors (Lipinski definition) is 4. The summed E-state index contributed by atoms with van der Waals surface area (Å²) in [5, 5.41) is 13.4. The van der Waals surface area contributed by atoms with Crippen LogP contribution in [0, 0.1) is 0 Å². The molecule has 2 atom stereocenters. The monoisotopic (exact) mass is 563 g/mol. The molecule has 0 rings (SSSR count). The highest BCUT2D eigenvalue weighted by molar-refractivity contribution is 7.46. The van der Waals surface area contributed by atoms with E-state index in [2.05, 4.69) is 23.7 Å². The van der Waals surface area contributed by atoms with Gasteiger partial charge in [-0.25, -0.2) is 4.57 Å². The normalized spacial score (nSPS) is 13.5. The van der Waals surface area contributed by atoms with Gasteiger partial charge in [-0.3, -0.25) is 9.32 Å². The molecule has 0 saturated carbocycles. The lowest BCUT2D eigenvalue weighted by atomic mass is 10.0. The Morgan fingerprint density at radius 1 is 0.658 bits per heavy atom. The second kappa shape index (κ2) is 26.7. The summed E-state index contributed by atoms with van der Waals surface area (Å²) in [4.78, 5) is 30.6. The van der Waals surface area contributed by atoms with Gasteiger partial charge in [0.25, 0.3) is 0 Å². The zero-order valence-corrected chi connectivity index (χ0v) is 25.7. The number of carbonyl (C=O) groups is 1. The van der Waals surface area contributed by atoms with E-state index >= 15 is 0 Å². The fraction of sp³-hybridized carbons (Fsp3) is 0.967. The van der Waals surface area contributed by atoms with E-state index in [1.165, 1.54) is 103 Å². The van der Waals surface area contributed by atoms with Gasteiger partial charge >= 0.3 is 7.82 Å². The van der Waals surface area contributed by atoms with Gasteiger partial charge in [-0.15, -0.1) is 0 Å². The van der Waals surface area contributed by atoms with Crippen molar-refractivity contribution in [3.05, 3.63) is 0 Å². The van der Waals surface area contributed by atoms with Gasteiger partial charge in [0.1, 0.15) is 0 Å². The summed E-state index contributed by atoms with van der Waals surface area (Å²) in [5.74, 6) is -0.196. The molecule has 0 bridgehead atoms. The van der Waals surface area contributed by atoms with E-state index in [1.54, 1.807) is 0 Å². The topological polar surface area (TPSA) is 116 Å². The maximum atomic E-state index is 12.4. The molecule has 0 aromatic rings. The number of phosphoric ester groups is 1. The van der Waals surface area contributed by atoms with Crippen LogP contribution in [0.25, 0.3) is 0 Å². The lowest BCUT2D eigenvalue weighted by Crippen LogP contribution is -2.46. The Hall–Kier alpha value is -0.460. The van der Waals surface area contributed by atoms with Crippen molar-refractivity contribution in [2.75, 3.05) is 6.61 Å². The van der Waals surface area contributed by atoms with Crippen molar-refractivity contribution in [1.29, 1.82) is 0 Å². The summed E-state index contributed by atoms with van der Waals surface area (Å²) in [7, 11) is -4.67. The van der Waals surface area contributed by atoms with Crippen LogP contribution < -0.4 is 5.32 Å². The van der Waals surface area contributed by atoms with E-state index in [0.29, 0.717) is 12.8 Å². The van der Waals surface area contributed by atoms with Crippen molar-refractivity contribution in [3.8, 4) is 0 Å². The fourth-order valence-corrected chi connectivity index (χ4v) is 5.23. The molecule has 38 heavy (non-hydrogen) atoms. The number of phosphoric acid groups is 1. The quantitative estimate of drug-likeness (QED) is 0.0537. The number of hydrogen-bond donors (Lipinski definition) is 4. The van der Waals surface area contributed by atoms with Crippen molar-refractivity contribution >= 4 is 13.7 Å². The van der Waals surface area contributed by atoms with E-state index in [9.17, 15) is 14.5 Å². The van der Waals surface area contributed by atoms with Gasteiger partial charge in [-0.05, 0) is 12.8 Å². The fourth-order valence-electron chi connectivity index (χ4n) is 4.87. The predicted molar refractivity (Wildman–Crippen MR) is 158 cm³/mol. The minimum Gasteiger partial charge on any atom is -0.391 e. The molecule has 0 aliphatic heterocycles. The molecule has 8 heteroatoms. The molecule has 7 nitrogen and oxygen atoms in total. The molecule has 0 radical (unpaired) electrons. The minimum atomic E-state index is -4.67. The summed E-state index contributed by atoms with van der Waals surface area (Å²) >= 11 is 0. The molecule has 4 N–H and O–H groups in total. The molecule has 228 valence electrons. The Labute approximate surface area is 234 Å². The van der Waals surface area contributed by atoms with Crippen LogP contribution in [0.15, 0.2) is 0 Å². The Morgan fingerprint density at radius 3 is 1.42 bits per heavy atom. The molecule has 0 aliphatic rings. The highest BCUT2D eigenvalue weighted by atomic mass is 31.2. The number of aliphatic hydroxyl groups is 1. The van der Waals surface area contributed by atoms with Crippen LogP contribution in [-0.4, -0.2) is 39.6 Å². The third kappa shape index (κ3) is 27.1. The first kappa shape index (κ1) is 37.5. The van der Waals surface area contributed by atoms with Gasteiger partial charge in [0, 0.05) is 6.42 Å². The molecule has 0 aromatic heterocycles. The lowest BCUT2D eigenvalue weighted by Gasteiger charge is -2.24. The summed E-state index contributed by atoms with van der Waals surface area (Å²) in [5.41, 5.74) is 0. The Morgan fingerprint density at radius 2 is 1.03 bits per heavy atom. The smallest absolute Gasteiger partial charge is 0.391 e. The first-order valence-electron chi connectivity index (χ1n) is 16.0. The molecule has 0 saturated heterocycles. The number of aliphatic hydroxyl groups excluding tert-OH is 1. The molecule has 0 heterocycles. The van der Waals surface area contributed by atoms with Crippen LogP contribution in [0.3, 0.4) is 0 Å². The van der Waals surface area contributed by atoms with Crippen molar-refractivity contribution in [1.82, 2.24) is 5.32 Å². The number of rotatable bonds is 29. The number of nitrogens with one attached hydrogen (secondary N) is 1. The van der Waals surface area contributed by atoms with Gasteiger partial charge in [-0.2, -0.15) is 0 Å². The second-order valence-corrected chi connectivity index (χ2v) is 12.4. The lowest BCUT2D eigenvalue weighted by molar-refractivity contribution is -0.123. The Kier molecular flexibility index (Phi) is 26.4. The summed E-state index contributed by atoms with van der Waals surface area (Å²) < 4.78 is 15.8. The highest BCUT2D eigenvalue weighted by Crippen LogP contribution is 2.36. The van der Waals surface area contributed by atoms with E-state index < -0.39 is 26.6 Å². The largest absolute Gasteiger partial charge is 0.469 e. The second-order valence-electron chi connectivity index (χ2n) is 11.1. The van der Waals surface area contributed by atoms with Crippen LogP contribution in [0.4, 0.5) is 0 Å². The molecular formula is C30H62NO6P. The maximum absolute atomic E-state index is 12.4. The van der Waals surface area contributed by atoms with Crippen LogP contribution in [-0.2, 0) is 13.9 Å². The van der Waals surface area contributed by atoms with Gasteiger partial charge in [0.05, 0.1) is 18.8 Å². The average Bonchev–Trinajstić information content (AvgIpc) is 2.87. The van der Waals surface area contributed by atoms with Crippen LogP contribution in [0.2, 0.25) is 0 Å². The SMILES string of the molecule is CCCCCCCCCCCCCC(=O)N[C@@H](COP(=O)(O)O)[C@H](O)CCCCCCCCCCCCC. The number of carbonyl (C=O) groups excluding carboxylic acids is 1. The van der Waals surface area contributed by atoms with Gasteiger partial charge in [0.2, 0.25) is 5.91 Å². The number of amides is 1. The van der Waals surface area contributed by atoms with E-state index in [0.717, 1.165) is 38.5 Å². The Balaban J connectivity index is 4.06. The predicted octanol–water partition coefficient (Wildman–Crippen LogP) is 8.34. The Bertz CT molecular complexity index is 571. The number of unbranched alkanes of at least 4 members (excludes halogenated alkanes) is 20. The first-order chi connectivity index (χ1) is 18.3. The summed E-state index contributed by atoms with van der Waals surface area (Å²) in [6.45, 7) is 4.07. The zero-order valence-electron chi connectivity index (χ0n) is 24.8. The minimum absolute atomic E-state index is 0.196. The molecule has 0 spiro atoms. The van der Waals surface area contributed by atoms with Crippen molar-refractivity contribution < 1.29 is 28.8 Å². The molecule has 0 unspecified atom stereocenters. The van der Waals surface area contributed by atoms with Crippen LogP contribution >= 0.6 is 7.82 Å². The van der Waals surface area contributed by atoms with E-state index in [4.69, 9.17) is 9.79 Å².